The molecule has 5 nitrogen and oxygen atoms in total. The number of amides is 1. The zero-order chi connectivity index (χ0) is 24.1. The van der Waals surface area contributed by atoms with E-state index in [4.69, 9.17) is 4.74 Å². The Morgan fingerprint density at radius 3 is 2.56 bits per heavy atom. The van der Waals surface area contributed by atoms with Crippen LogP contribution in [0.2, 0.25) is 0 Å². The molecule has 1 heterocycles. The Hall–Kier alpha value is -3.55. The third kappa shape index (κ3) is 6.50. The number of rotatable bonds is 9. The third-order valence-corrected chi connectivity index (χ3v) is 5.63. The van der Waals surface area contributed by atoms with Gasteiger partial charge in [0, 0.05) is 5.92 Å². The van der Waals surface area contributed by atoms with Crippen LogP contribution in [0.25, 0.3) is 0 Å². The van der Waals surface area contributed by atoms with Crippen molar-refractivity contribution in [2.24, 2.45) is 5.92 Å². The number of alkyl halides is 3. The summed E-state index contributed by atoms with van der Waals surface area (Å²) in [6.45, 7) is 0.886. The zero-order valence-electron chi connectivity index (χ0n) is 18.6. The van der Waals surface area contributed by atoms with Crippen molar-refractivity contribution in [3.05, 3.63) is 89.7 Å². The molecule has 0 bridgehead atoms. The van der Waals surface area contributed by atoms with Crippen molar-refractivity contribution in [2.75, 3.05) is 6.61 Å². The summed E-state index contributed by atoms with van der Waals surface area (Å²) >= 11 is 0. The summed E-state index contributed by atoms with van der Waals surface area (Å²) in [4.78, 5) is 16.9. The Kier molecular flexibility index (Phi) is 7.05. The Bertz CT molecular complexity index is 1100. The van der Waals surface area contributed by atoms with Crippen molar-refractivity contribution < 1.29 is 27.4 Å². The van der Waals surface area contributed by atoms with Crippen LogP contribution in [-0.4, -0.2) is 23.7 Å². The molecule has 1 unspecified atom stereocenters. The summed E-state index contributed by atoms with van der Waals surface area (Å²) in [5, 5.41) is 2.94. The van der Waals surface area contributed by atoms with Crippen molar-refractivity contribution in [1.29, 1.82) is 0 Å². The largest absolute Gasteiger partial charge is 0.489 e. The molecule has 1 aliphatic rings. The molecular formula is C26H25F3N2O3. The quantitative estimate of drug-likeness (QED) is 0.443. The smallest absolute Gasteiger partial charge is 0.422 e. The van der Waals surface area contributed by atoms with E-state index in [-0.39, 0.29) is 29.5 Å². The Morgan fingerprint density at radius 1 is 1.06 bits per heavy atom. The summed E-state index contributed by atoms with van der Waals surface area (Å²) in [5.74, 6) is 0.695. The lowest BCUT2D eigenvalue weighted by molar-refractivity contribution is -0.153. The van der Waals surface area contributed by atoms with E-state index in [0.29, 0.717) is 12.3 Å². The molecule has 4 rings (SSSR count). The highest BCUT2D eigenvalue weighted by Gasteiger charge is 2.44. The lowest BCUT2D eigenvalue weighted by Crippen LogP contribution is -2.29. The minimum atomic E-state index is -4.41. The minimum Gasteiger partial charge on any atom is -0.489 e. The summed E-state index contributed by atoms with van der Waals surface area (Å²) in [5.41, 5.74) is 2.68. The molecule has 0 radical (unpaired) electrons. The van der Waals surface area contributed by atoms with E-state index in [2.05, 4.69) is 15.0 Å². The molecule has 3 aromatic rings. The van der Waals surface area contributed by atoms with E-state index >= 15 is 0 Å². The SMILES string of the molecule is C[C@H](NC(=O)C1C[C@@H]1c1cccc(OCc2ccccc2)c1)c1ccc(OCC(F)(F)F)cn1. The Morgan fingerprint density at radius 2 is 1.85 bits per heavy atom. The summed E-state index contributed by atoms with van der Waals surface area (Å²) < 4.78 is 47.3. The second-order valence-electron chi connectivity index (χ2n) is 8.35. The van der Waals surface area contributed by atoms with Crippen LogP contribution in [0.4, 0.5) is 13.2 Å². The van der Waals surface area contributed by atoms with Crippen LogP contribution in [0.1, 0.15) is 42.1 Å². The maximum Gasteiger partial charge on any atom is 0.422 e. The van der Waals surface area contributed by atoms with Gasteiger partial charge in [-0.15, -0.1) is 0 Å². The van der Waals surface area contributed by atoms with Gasteiger partial charge in [-0.1, -0.05) is 42.5 Å². The third-order valence-electron chi connectivity index (χ3n) is 5.63. The summed E-state index contributed by atoms with van der Waals surface area (Å²) in [6, 6.07) is 20.3. The lowest BCUT2D eigenvalue weighted by atomic mass is 10.1. The number of nitrogens with one attached hydrogen (secondary N) is 1. The van der Waals surface area contributed by atoms with Crippen LogP contribution in [0.3, 0.4) is 0 Å². The fourth-order valence-electron chi connectivity index (χ4n) is 3.72. The van der Waals surface area contributed by atoms with Gasteiger partial charge in [0.1, 0.15) is 18.1 Å². The zero-order valence-corrected chi connectivity index (χ0v) is 18.6. The molecule has 1 amide bonds. The second-order valence-corrected chi connectivity index (χ2v) is 8.35. The molecule has 0 aliphatic heterocycles. The molecular weight excluding hydrogens is 445 g/mol. The van der Waals surface area contributed by atoms with Crippen LogP contribution >= 0.6 is 0 Å². The lowest BCUT2D eigenvalue weighted by Gasteiger charge is -2.15. The summed E-state index contributed by atoms with van der Waals surface area (Å²) in [7, 11) is 0. The molecule has 2 aromatic carbocycles. The van der Waals surface area contributed by atoms with Gasteiger partial charge < -0.3 is 14.8 Å². The fraction of sp³-hybridized carbons (Fsp3) is 0.308. The van der Waals surface area contributed by atoms with Crippen LogP contribution in [0.15, 0.2) is 72.9 Å². The van der Waals surface area contributed by atoms with Gasteiger partial charge in [0.2, 0.25) is 5.91 Å². The van der Waals surface area contributed by atoms with Crippen molar-refractivity contribution in [3.63, 3.8) is 0 Å². The van der Waals surface area contributed by atoms with Crippen molar-refractivity contribution in [3.8, 4) is 11.5 Å². The number of ether oxygens (including phenoxy) is 2. The normalized spacial score (nSPS) is 18.1. The molecule has 8 heteroatoms. The maximum absolute atomic E-state index is 12.7. The number of halogens is 3. The number of hydrogen-bond acceptors (Lipinski definition) is 4. The fourth-order valence-corrected chi connectivity index (χ4v) is 3.72. The van der Waals surface area contributed by atoms with E-state index in [0.717, 1.165) is 23.3 Å². The van der Waals surface area contributed by atoms with Gasteiger partial charge in [-0.25, -0.2) is 0 Å². The first kappa shape index (κ1) is 23.6. The van der Waals surface area contributed by atoms with Gasteiger partial charge in [0.05, 0.1) is 17.9 Å². The van der Waals surface area contributed by atoms with Crippen molar-refractivity contribution >= 4 is 5.91 Å². The minimum absolute atomic E-state index is 0.0243. The Balaban J connectivity index is 1.28. The van der Waals surface area contributed by atoms with E-state index in [1.165, 1.54) is 12.3 Å². The van der Waals surface area contributed by atoms with E-state index in [1.807, 2.05) is 54.6 Å². The second kappa shape index (κ2) is 10.2. The van der Waals surface area contributed by atoms with Crippen molar-refractivity contribution in [2.45, 2.75) is 38.1 Å². The molecule has 3 atom stereocenters. The highest BCUT2D eigenvalue weighted by molar-refractivity contribution is 5.83. The first-order chi connectivity index (χ1) is 16.3. The van der Waals surface area contributed by atoms with Gasteiger partial charge in [0.15, 0.2) is 6.61 Å². The van der Waals surface area contributed by atoms with E-state index < -0.39 is 12.8 Å². The van der Waals surface area contributed by atoms with E-state index in [9.17, 15) is 18.0 Å². The number of aromatic nitrogens is 1. The molecule has 0 saturated heterocycles. The maximum atomic E-state index is 12.7. The van der Waals surface area contributed by atoms with Crippen LogP contribution in [0.5, 0.6) is 11.5 Å². The van der Waals surface area contributed by atoms with Gasteiger partial charge >= 0.3 is 6.18 Å². The first-order valence-electron chi connectivity index (χ1n) is 11.0. The van der Waals surface area contributed by atoms with Crippen LogP contribution < -0.4 is 14.8 Å². The number of carbonyl (C=O) groups excluding carboxylic acids is 1. The number of carbonyl (C=O) groups is 1. The first-order valence-corrected chi connectivity index (χ1v) is 11.0. The molecule has 34 heavy (non-hydrogen) atoms. The van der Waals surface area contributed by atoms with Gasteiger partial charge in [-0.2, -0.15) is 13.2 Å². The summed E-state index contributed by atoms with van der Waals surface area (Å²) in [6.07, 6.45) is -2.43. The molecule has 1 aliphatic carbocycles. The molecule has 1 aromatic heterocycles. The Labute approximate surface area is 195 Å². The van der Waals surface area contributed by atoms with Crippen molar-refractivity contribution in [1.82, 2.24) is 10.3 Å². The predicted molar refractivity (Wildman–Crippen MR) is 120 cm³/mol. The van der Waals surface area contributed by atoms with Gasteiger partial charge in [-0.05, 0) is 54.7 Å². The van der Waals surface area contributed by atoms with Crippen LogP contribution in [-0.2, 0) is 11.4 Å². The molecule has 0 spiro atoms. The monoisotopic (exact) mass is 470 g/mol. The highest BCUT2D eigenvalue weighted by atomic mass is 19.4. The number of nitrogens with zero attached hydrogens (tertiary/aromatic N) is 1. The average molecular weight is 470 g/mol. The average Bonchev–Trinajstić information content (AvgIpc) is 3.63. The topological polar surface area (TPSA) is 60.5 Å². The highest BCUT2D eigenvalue weighted by Crippen LogP contribution is 2.48. The molecule has 1 fully saturated rings. The molecule has 1 N–H and O–H groups in total. The standard InChI is InChI=1S/C26H25F3N2O3/c1-17(24-11-10-21(14-30-24)34-16-26(27,28)29)31-25(32)23-13-22(23)19-8-5-9-20(12-19)33-15-18-6-3-2-4-7-18/h2-12,14,17,22-23H,13,15-16H2,1H3,(H,31,32)/t17-,22+,23?/m0/s1. The number of benzene rings is 2. The number of pyridine rings is 1. The van der Waals surface area contributed by atoms with Gasteiger partial charge in [0.25, 0.3) is 0 Å². The van der Waals surface area contributed by atoms with E-state index in [1.54, 1.807) is 13.0 Å². The predicted octanol–water partition coefficient (Wildman–Crippen LogP) is 5.58. The van der Waals surface area contributed by atoms with Gasteiger partial charge in [-0.3, -0.25) is 9.78 Å². The molecule has 178 valence electrons. The number of hydrogen-bond donors (Lipinski definition) is 1. The molecule has 1 saturated carbocycles. The van der Waals surface area contributed by atoms with Crippen LogP contribution in [0, 0.1) is 5.92 Å².